The maximum atomic E-state index is 13.7. The van der Waals surface area contributed by atoms with Crippen LogP contribution < -0.4 is 27.2 Å². The van der Waals surface area contributed by atoms with Gasteiger partial charge < -0.3 is 26.6 Å². The van der Waals surface area contributed by atoms with E-state index in [0.717, 1.165) is 73.6 Å². The summed E-state index contributed by atoms with van der Waals surface area (Å²) in [6, 6.07) is 18.8. The number of aromatic amines is 2. The zero-order chi connectivity index (χ0) is 36.1. The lowest BCUT2D eigenvalue weighted by Crippen LogP contribution is -2.48. The predicted octanol–water partition coefficient (Wildman–Crippen LogP) is 4.87. The van der Waals surface area contributed by atoms with E-state index in [4.69, 9.17) is 5.73 Å². The van der Waals surface area contributed by atoms with Gasteiger partial charge in [-0.2, -0.15) is 0 Å². The van der Waals surface area contributed by atoms with Crippen molar-refractivity contribution < 1.29 is 14.4 Å². The fourth-order valence-electron chi connectivity index (χ4n) is 7.69. The van der Waals surface area contributed by atoms with Gasteiger partial charge in [-0.05, 0) is 137 Å². The molecule has 0 aliphatic heterocycles. The first-order valence-corrected chi connectivity index (χ1v) is 18.3. The molecule has 270 valence electrons. The number of nitrogens with two attached hydrogens (primary N) is 1. The Morgan fingerprint density at radius 1 is 0.882 bits per heavy atom. The van der Waals surface area contributed by atoms with Crippen molar-refractivity contribution >= 4 is 34.3 Å². The molecular formula is C40H51N7O4. The summed E-state index contributed by atoms with van der Waals surface area (Å²) >= 11 is 0. The van der Waals surface area contributed by atoms with Crippen LogP contribution >= 0.6 is 0 Å². The monoisotopic (exact) mass is 693 g/mol. The number of nitrogens with one attached hydrogen (secondary N) is 5. The Morgan fingerprint density at radius 2 is 1.61 bits per heavy atom. The summed E-state index contributed by atoms with van der Waals surface area (Å²) in [5.41, 5.74) is 11.3. The van der Waals surface area contributed by atoms with Crippen LogP contribution in [-0.2, 0) is 16.0 Å². The van der Waals surface area contributed by atoms with E-state index in [1.54, 1.807) is 18.2 Å². The first-order chi connectivity index (χ1) is 24.6. The standard InChI is InChI=1S/C40H51N7O4/c1-24-20-29(38(49)42-30-13-16-32(17-14-30)47(2)3)12-18-33(24)27-8-4-25(5-9-27)21-36(44-37(48)28-10-6-26(23-41)7-11-28)40(51)43-31-15-19-34-35(22-31)45-46-39(34)50/h4-5,8-9,12,15,18-20,22,26,28,30,32,36H,6-7,10-11,13-14,16-17,21,23,41H2,1-3H3,(H,42,49)(H,43,51)(H,44,48)(H2,45,46,50). The van der Waals surface area contributed by atoms with E-state index >= 15 is 0 Å². The third kappa shape index (κ3) is 8.77. The van der Waals surface area contributed by atoms with Gasteiger partial charge >= 0.3 is 0 Å². The number of carbonyl (C=O) groups excluding carboxylic acids is 3. The molecule has 0 spiro atoms. The van der Waals surface area contributed by atoms with Crippen LogP contribution in [0.3, 0.4) is 0 Å². The molecule has 0 radical (unpaired) electrons. The van der Waals surface area contributed by atoms with Gasteiger partial charge in [0.15, 0.2) is 0 Å². The highest BCUT2D eigenvalue weighted by Crippen LogP contribution is 2.29. The minimum absolute atomic E-state index is 0.0339. The molecule has 2 aliphatic rings. The minimum atomic E-state index is -0.811. The minimum Gasteiger partial charge on any atom is -0.349 e. The van der Waals surface area contributed by atoms with Crippen LogP contribution in [0, 0.1) is 18.8 Å². The number of aryl methyl sites for hydroxylation is 1. The summed E-state index contributed by atoms with van der Waals surface area (Å²) in [5.74, 6) is -0.202. The molecule has 1 aromatic heterocycles. The molecule has 4 aromatic rings. The first-order valence-electron chi connectivity index (χ1n) is 18.3. The summed E-state index contributed by atoms with van der Waals surface area (Å²) in [5, 5.41) is 15.1. The topological polar surface area (TPSA) is 165 Å². The molecule has 1 atom stereocenters. The number of benzene rings is 3. The van der Waals surface area contributed by atoms with Crippen molar-refractivity contribution in [1.29, 1.82) is 0 Å². The Bertz CT molecular complexity index is 1900. The number of hydrogen-bond donors (Lipinski definition) is 6. The van der Waals surface area contributed by atoms with Gasteiger partial charge in [0.25, 0.3) is 11.5 Å². The largest absolute Gasteiger partial charge is 0.349 e. The predicted molar refractivity (Wildman–Crippen MR) is 201 cm³/mol. The van der Waals surface area contributed by atoms with Crippen LogP contribution in [0.4, 0.5) is 5.69 Å². The highest BCUT2D eigenvalue weighted by Gasteiger charge is 2.30. The van der Waals surface area contributed by atoms with Crippen LogP contribution in [0.5, 0.6) is 0 Å². The second-order valence-corrected chi connectivity index (χ2v) is 14.7. The SMILES string of the molecule is Cc1cc(C(=O)NC2CCC(N(C)C)CC2)ccc1-c1ccc(CC(NC(=O)C2CCC(CN)CC2)C(=O)Nc2ccc3c(=O)[nH][nH]c3c2)cc1. The van der Waals surface area contributed by atoms with E-state index in [1.165, 1.54) is 0 Å². The van der Waals surface area contributed by atoms with Crippen molar-refractivity contribution in [3.8, 4) is 11.1 Å². The third-order valence-electron chi connectivity index (χ3n) is 11.0. The average molecular weight is 694 g/mol. The fraction of sp³-hybridized carbons (Fsp3) is 0.450. The molecular weight excluding hydrogens is 642 g/mol. The highest BCUT2D eigenvalue weighted by atomic mass is 16.2. The van der Waals surface area contributed by atoms with Gasteiger partial charge in [0, 0.05) is 35.7 Å². The maximum Gasteiger partial charge on any atom is 0.271 e. The molecule has 1 unspecified atom stereocenters. The lowest BCUT2D eigenvalue weighted by Gasteiger charge is -2.33. The molecule has 2 saturated carbocycles. The van der Waals surface area contributed by atoms with E-state index in [9.17, 15) is 19.2 Å². The second-order valence-electron chi connectivity index (χ2n) is 14.7. The molecule has 0 saturated heterocycles. The van der Waals surface area contributed by atoms with E-state index in [2.05, 4.69) is 45.1 Å². The summed E-state index contributed by atoms with van der Waals surface area (Å²) in [4.78, 5) is 54.5. The molecule has 0 bridgehead atoms. The quantitative estimate of drug-likeness (QED) is 0.131. The zero-order valence-corrected chi connectivity index (χ0v) is 29.9. The normalized spacial score (nSPS) is 21.3. The number of nitrogens with zero attached hydrogens (tertiary/aromatic N) is 1. The first kappa shape index (κ1) is 36.1. The van der Waals surface area contributed by atoms with Crippen molar-refractivity contribution in [2.75, 3.05) is 26.0 Å². The van der Waals surface area contributed by atoms with Gasteiger partial charge in [-0.3, -0.25) is 29.4 Å². The van der Waals surface area contributed by atoms with E-state index in [1.807, 2.05) is 49.4 Å². The summed E-state index contributed by atoms with van der Waals surface area (Å²) in [7, 11) is 4.24. The Morgan fingerprint density at radius 3 is 2.27 bits per heavy atom. The molecule has 7 N–H and O–H groups in total. The van der Waals surface area contributed by atoms with E-state index in [-0.39, 0.29) is 35.2 Å². The smallest absolute Gasteiger partial charge is 0.271 e. The van der Waals surface area contributed by atoms with Crippen LogP contribution in [0.25, 0.3) is 22.0 Å². The Kier molecular flexibility index (Phi) is 11.4. The fourth-order valence-corrected chi connectivity index (χ4v) is 7.69. The number of aromatic nitrogens is 2. The summed E-state index contributed by atoms with van der Waals surface area (Å²) in [6.07, 6.45) is 7.79. The van der Waals surface area contributed by atoms with Crippen LogP contribution in [0.15, 0.2) is 65.5 Å². The zero-order valence-electron chi connectivity index (χ0n) is 29.9. The third-order valence-corrected chi connectivity index (χ3v) is 11.0. The lowest BCUT2D eigenvalue weighted by atomic mass is 9.81. The van der Waals surface area contributed by atoms with Gasteiger partial charge in [-0.25, -0.2) is 0 Å². The Balaban J connectivity index is 1.13. The maximum absolute atomic E-state index is 13.7. The summed E-state index contributed by atoms with van der Waals surface area (Å²) in [6.45, 7) is 2.64. The van der Waals surface area contributed by atoms with Crippen molar-refractivity contribution in [3.05, 3.63) is 87.7 Å². The van der Waals surface area contributed by atoms with Gasteiger partial charge in [-0.15, -0.1) is 0 Å². The Hall–Kier alpha value is -4.74. The second kappa shape index (κ2) is 16.1. The number of carbonyl (C=O) groups is 3. The van der Waals surface area contributed by atoms with Crippen LogP contribution in [0.1, 0.15) is 72.9 Å². The summed E-state index contributed by atoms with van der Waals surface area (Å²) < 4.78 is 0. The number of amides is 3. The van der Waals surface area contributed by atoms with Crippen molar-refractivity contribution in [2.45, 2.75) is 82.8 Å². The lowest BCUT2D eigenvalue weighted by molar-refractivity contribution is -0.130. The molecule has 3 amide bonds. The molecule has 51 heavy (non-hydrogen) atoms. The van der Waals surface area contributed by atoms with Gasteiger partial charge in [-0.1, -0.05) is 30.3 Å². The molecule has 11 heteroatoms. The van der Waals surface area contributed by atoms with Crippen molar-refractivity contribution in [3.63, 3.8) is 0 Å². The van der Waals surface area contributed by atoms with Crippen molar-refractivity contribution in [2.24, 2.45) is 17.6 Å². The van der Waals surface area contributed by atoms with Crippen LogP contribution in [-0.4, -0.2) is 71.6 Å². The molecule has 3 aromatic carbocycles. The molecule has 2 fully saturated rings. The van der Waals surface area contributed by atoms with Crippen molar-refractivity contribution in [1.82, 2.24) is 25.7 Å². The number of rotatable bonds is 11. The van der Waals surface area contributed by atoms with Gasteiger partial charge in [0.2, 0.25) is 11.8 Å². The number of anilines is 1. The number of H-pyrrole nitrogens is 2. The van der Waals surface area contributed by atoms with Crippen LogP contribution in [0.2, 0.25) is 0 Å². The number of fused-ring (bicyclic) bond motifs is 1. The number of hydrogen-bond acceptors (Lipinski definition) is 6. The molecule has 2 aliphatic carbocycles. The Labute approximate surface area is 299 Å². The van der Waals surface area contributed by atoms with E-state index in [0.29, 0.717) is 47.1 Å². The molecule has 1 heterocycles. The van der Waals surface area contributed by atoms with E-state index < -0.39 is 6.04 Å². The molecule has 11 nitrogen and oxygen atoms in total. The molecule has 6 rings (SSSR count). The van der Waals surface area contributed by atoms with Gasteiger partial charge in [0.05, 0.1) is 10.9 Å². The van der Waals surface area contributed by atoms with Gasteiger partial charge in [0.1, 0.15) is 6.04 Å². The highest BCUT2D eigenvalue weighted by molar-refractivity contribution is 5.99. The average Bonchev–Trinajstić information content (AvgIpc) is 3.51.